The molecular weight excluding hydrogens is 304 g/mol. The molecule has 3 atom stereocenters. The molecule has 0 spiro atoms. The summed E-state index contributed by atoms with van der Waals surface area (Å²) in [5, 5.41) is 23.4. The SMILES string of the molecule is O=C1O[C@@H]2C[C@@]1(O)C=C(OCc1ccc3sccc3c1)[C@H]2O. The second-order valence-corrected chi connectivity index (χ2v) is 6.59. The normalized spacial score (nSPS) is 30.3. The third-order valence-electron chi connectivity index (χ3n) is 4.07. The fourth-order valence-electron chi connectivity index (χ4n) is 2.87. The Kier molecular flexibility index (Phi) is 3.00. The monoisotopic (exact) mass is 318 g/mol. The summed E-state index contributed by atoms with van der Waals surface area (Å²) in [5.74, 6) is -0.537. The number of hydrogen-bond acceptors (Lipinski definition) is 6. The van der Waals surface area contributed by atoms with Crippen LogP contribution >= 0.6 is 11.3 Å². The molecule has 1 aromatic carbocycles. The average molecular weight is 318 g/mol. The zero-order valence-electron chi connectivity index (χ0n) is 11.6. The molecule has 1 aliphatic heterocycles. The van der Waals surface area contributed by atoms with Crippen molar-refractivity contribution in [1.29, 1.82) is 0 Å². The van der Waals surface area contributed by atoms with Crippen molar-refractivity contribution in [3.63, 3.8) is 0 Å². The van der Waals surface area contributed by atoms with Gasteiger partial charge in [0.25, 0.3) is 0 Å². The smallest absolute Gasteiger partial charge is 0.342 e. The number of hydrogen-bond donors (Lipinski definition) is 2. The minimum atomic E-state index is -1.67. The van der Waals surface area contributed by atoms with Gasteiger partial charge in [-0.05, 0) is 40.6 Å². The molecule has 22 heavy (non-hydrogen) atoms. The fourth-order valence-corrected chi connectivity index (χ4v) is 3.64. The first-order valence-corrected chi connectivity index (χ1v) is 7.86. The number of ether oxygens (including phenoxy) is 2. The van der Waals surface area contributed by atoms with Crippen LogP contribution in [-0.4, -0.2) is 34.0 Å². The highest BCUT2D eigenvalue weighted by atomic mass is 32.1. The van der Waals surface area contributed by atoms with Crippen LogP contribution in [0.5, 0.6) is 0 Å². The Morgan fingerprint density at radius 1 is 1.41 bits per heavy atom. The Morgan fingerprint density at radius 3 is 3.14 bits per heavy atom. The largest absolute Gasteiger partial charge is 0.491 e. The number of rotatable bonds is 3. The minimum Gasteiger partial charge on any atom is -0.491 e. The van der Waals surface area contributed by atoms with Crippen LogP contribution in [0.2, 0.25) is 0 Å². The van der Waals surface area contributed by atoms with E-state index in [1.54, 1.807) is 11.3 Å². The van der Waals surface area contributed by atoms with Gasteiger partial charge in [-0.3, -0.25) is 0 Å². The van der Waals surface area contributed by atoms with Crippen LogP contribution in [0.3, 0.4) is 0 Å². The highest BCUT2D eigenvalue weighted by molar-refractivity contribution is 7.17. The average Bonchev–Trinajstić information content (AvgIpc) is 3.05. The van der Waals surface area contributed by atoms with E-state index in [0.29, 0.717) is 0 Å². The van der Waals surface area contributed by atoms with Gasteiger partial charge in [-0.25, -0.2) is 4.79 Å². The molecule has 0 saturated carbocycles. The van der Waals surface area contributed by atoms with Crippen LogP contribution < -0.4 is 0 Å². The molecule has 114 valence electrons. The number of benzene rings is 1. The summed E-state index contributed by atoms with van der Waals surface area (Å²) >= 11 is 1.67. The standard InChI is InChI=1S/C16H14O5S/c17-14-11(6-16(19)7-12(14)21-15(16)18)20-8-9-1-2-13-10(5-9)3-4-22-13/h1-6,12,14,17,19H,7-8H2/t12-,14-,16+/m1/s1. The van der Waals surface area contributed by atoms with Gasteiger partial charge in [-0.2, -0.15) is 0 Å². The molecule has 1 aromatic heterocycles. The molecule has 5 nitrogen and oxygen atoms in total. The highest BCUT2D eigenvalue weighted by Crippen LogP contribution is 2.37. The summed E-state index contributed by atoms with van der Waals surface area (Å²) in [7, 11) is 0. The van der Waals surface area contributed by atoms with E-state index in [1.165, 1.54) is 10.8 Å². The molecule has 2 heterocycles. The summed E-state index contributed by atoms with van der Waals surface area (Å²) in [6.45, 7) is 0.256. The predicted molar refractivity (Wildman–Crippen MR) is 80.2 cm³/mol. The zero-order valence-corrected chi connectivity index (χ0v) is 12.4. The molecule has 2 bridgehead atoms. The van der Waals surface area contributed by atoms with Crippen molar-refractivity contribution in [3.8, 4) is 0 Å². The molecule has 4 rings (SSSR count). The van der Waals surface area contributed by atoms with E-state index >= 15 is 0 Å². The quantitative estimate of drug-likeness (QED) is 0.843. The molecule has 1 fully saturated rings. The van der Waals surface area contributed by atoms with E-state index in [0.717, 1.165) is 10.9 Å². The summed E-state index contributed by atoms with van der Waals surface area (Å²) in [6.07, 6.45) is -0.429. The van der Waals surface area contributed by atoms with Gasteiger partial charge < -0.3 is 19.7 Å². The van der Waals surface area contributed by atoms with Gasteiger partial charge >= 0.3 is 5.97 Å². The number of carbonyl (C=O) groups excluding carboxylic acids is 1. The summed E-state index contributed by atoms with van der Waals surface area (Å²) in [5.41, 5.74) is -0.715. The molecule has 1 aliphatic carbocycles. The van der Waals surface area contributed by atoms with E-state index in [4.69, 9.17) is 9.47 Å². The van der Waals surface area contributed by atoms with Crippen LogP contribution in [0.1, 0.15) is 12.0 Å². The second-order valence-electron chi connectivity index (χ2n) is 5.65. The molecule has 1 saturated heterocycles. The van der Waals surface area contributed by atoms with Crippen molar-refractivity contribution < 1.29 is 24.5 Å². The van der Waals surface area contributed by atoms with E-state index in [9.17, 15) is 15.0 Å². The molecule has 6 heteroatoms. The fraction of sp³-hybridized carbons (Fsp3) is 0.312. The van der Waals surface area contributed by atoms with E-state index in [2.05, 4.69) is 0 Å². The van der Waals surface area contributed by atoms with Crippen LogP contribution in [0.4, 0.5) is 0 Å². The minimum absolute atomic E-state index is 0.0702. The number of thiophene rings is 1. The molecular formula is C16H14O5S. The van der Waals surface area contributed by atoms with Crippen molar-refractivity contribution in [2.45, 2.75) is 30.8 Å². The Labute approximate surface area is 130 Å². The number of aliphatic hydroxyl groups is 2. The second kappa shape index (κ2) is 4.81. The first-order chi connectivity index (χ1) is 10.5. The van der Waals surface area contributed by atoms with Gasteiger partial charge in [0, 0.05) is 11.1 Å². The van der Waals surface area contributed by atoms with Gasteiger partial charge in [0.05, 0.1) is 0 Å². The van der Waals surface area contributed by atoms with Crippen molar-refractivity contribution in [2.75, 3.05) is 0 Å². The van der Waals surface area contributed by atoms with Gasteiger partial charge in [-0.15, -0.1) is 11.3 Å². The molecule has 2 aliphatic rings. The number of esters is 1. The molecule has 2 aromatic rings. The zero-order chi connectivity index (χ0) is 15.3. The lowest BCUT2D eigenvalue weighted by molar-refractivity contribution is -0.152. The summed E-state index contributed by atoms with van der Waals surface area (Å²) in [6, 6.07) is 8.04. The molecule has 0 radical (unpaired) electrons. The Morgan fingerprint density at radius 2 is 2.27 bits per heavy atom. The third-order valence-corrected chi connectivity index (χ3v) is 4.97. The van der Waals surface area contributed by atoms with Crippen LogP contribution in [0, 0.1) is 0 Å². The third kappa shape index (κ3) is 2.11. The van der Waals surface area contributed by atoms with E-state index < -0.39 is 23.8 Å². The van der Waals surface area contributed by atoms with Gasteiger partial charge in [0.1, 0.15) is 24.6 Å². The van der Waals surface area contributed by atoms with Crippen LogP contribution in [-0.2, 0) is 20.9 Å². The number of fused-ring (bicyclic) bond motifs is 3. The topological polar surface area (TPSA) is 76.0 Å². The Balaban J connectivity index is 1.54. The van der Waals surface area contributed by atoms with E-state index in [-0.39, 0.29) is 18.8 Å². The maximum atomic E-state index is 11.6. The van der Waals surface area contributed by atoms with Crippen molar-refractivity contribution in [1.82, 2.24) is 0 Å². The Hall–Kier alpha value is -1.89. The summed E-state index contributed by atoms with van der Waals surface area (Å²) in [4.78, 5) is 11.6. The Bertz CT molecular complexity index is 780. The van der Waals surface area contributed by atoms with Crippen molar-refractivity contribution >= 4 is 27.4 Å². The maximum Gasteiger partial charge on any atom is 0.342 e. The van der Waals surface area contributed by atoms with Crippen molar-refractivity contribution in [3.05, 3.63) is 47.0 Å². The van der Waals surface area contributed by atoms with Crippen LogP contribution in [0.25, 0.3) is 10.1 Å². The van der Waals surface area contributed by atoms with Crippen molar-refractivity contribution in [2.24, 2.45) is 0 Å². The number of aliphatic hydroxyl groups excluding tert-OH is 1. The van der Waals surface area contributed by atoms with Gasteiger partial charge in [-0.1, -0.05) is 6.07 Å². The predicted octanol–water partition coefficient (Wildman–Crippen LogP) is 1.72. The molecule has 0 amide bonds. The van der Waals surface area contributed by atoms with Gasteiger partial charge in [0.15, 0.2) is 5.60 Å². The lowest BCUT2D eigenvalue weighted by atomic mass is 9.89. The highest BCUT2D eigenvalue weighted by Gasteiger charge is 2.54. The maximum absolute atomic E-state index is 11.6. The van der Waals surface area contributed by atoms with E-state index in [1.807, 2.05) is 29.6 Å². The van der Waals surface area contributed by atoms with Gasteiger partial charge in [0.2, 0.25) is 0 Å². The summed E-state index contributed by atoms with van der Waals surface area (Å²) < 4.78 is 11.8. The lowest BCUT2D eigenvalue weighted by Gasteiger charge is -2.26. The first-order valence-electron chi connectivity index (χ1n) is 6.98. The number of carbonyl (C=O) groups is 1. The first kappa shape index (κ1) is 13.8. The van der Waals surface area contributed by atoms with Crippen LogP contribution in [0.15, 0.2) is 41.5 Å². The molecule has 0 unspecified atom stereocenters. The molecule has 2 N–H and O–H groups in total. The lowest BCUT2D eigenvalue weighted by Crippen LogP contribution is -2.38.